The molecule has 1 atom stereocenters. The number of hydrogen-bond donors (Lipinski definition) is 0. The standard InChI is InChI=1S/C22H20ClO2P/c1-15-13-16(2)21(17(3)14-15)22(24)19-11-7-8-12-20(19)26(23,25)18-9-5-4-6-10-18/h4-14H,1-3H3. The van der Waals surface area contributed by atoms with Gasteiger partial charge in [0.2, 0.25) is 6.49 Å². The van der Waals surface area contributed by atoms with Crippen molar-refractivity contribution in [2.75, 3.05) is 0 Å². The summed E-state index contributed by atoms with van der Waals surface area (Å²) in [6.07, 6.45) is 0. The van der Waals surface area contributed by atoms with Gasteiger partial charge >= 0.3 is 0 Å². The monoisotopic (exact) mass is 382 g/mol. The smallest absolute Gasteiger partial charge is 0.226 e. The minimum absolute atomic E-state index is 0.146. The van der Waals surface area contributed by atoms with E-state index in [1.165, 1.54) is 0 Å². The van der Waals surface area contributed by atoms with E-state index < -0.39 is 6.49 Å². The fraction of sp³-hybridized carbons (Fsp3) is 0.136. The van der Waals surface area contributed by atoms with Gasteiger partial charge in [-0.3, -0.25) is 9.36 Å². The summed E-state index contributed by atoms with van der Waals surface area (Å²) in [6, 6.07) is 19.8. The van der Waals surface area contributed by atoms with E-state index in [9.17, 15) is 9.36 Å². The van der Waals surface area contributed by atoms with Gasteiger partial charge in [-0.1, -0.05) is 66.2 Å². The molecule has 1 unspecified atom stereocenters. The minimum Gasteiger partial charge on any atom is -0.296 e. The Morgan fingerprint density at radius 1 is 0.846 bits per heavy atom. The molecule has 3 rings (SSSR count). The van der Waals surface area contributed by atoms with Gasteiger partial charge in [0.1, 0.15) is 0 Å². The van der Waals surface area contributed by atoms with Crippen LogP contribution in [-0.2, 0) is 4.57 Å². The predicted molar refractivity (Wildman–Crippen MR) is 110 cm³/mol. The number of halogens is 1. The summed E-state index contributed by atoms with van der Waals surface area (Å²) in [5.74, 6) is -0.146. The van der Waals surface area contributed by atoms with E-state index in [2.05, 4.69) is 0 Å². The first kappa shape index (κ1) is 18.6. The van der Waals surface area contributed by atoms with Crippen LogP contribution in [0.15, 0.2) is 66.7 Å². The largest absolute Gasteiger partial charge is 0.296 e. The Morgan fingerprint density at radius 3 is 2.00 bits per heavy atom. The van der Waals surface area contributed by atoms with Crippen LogP contribution in [0.4, 0.5) is 0 Å². The van der Waals surface area contributed by atoms with Crippen molar-refractivity contribution < 1.29 is 9.36 Å². The molecule has 132 valence electrons. The second-order valence-electron chi connectivity index (χ2n) is 6.49. The number of rotatable bonds is 4. The third-order valence-corrected chi connectivity index (χ3v) is 7.55. The molecule has 2 nitrogen and oxygen atoms in total. The van der Waals surface area contributed by atoms with Crippen LogP contribution >= 0.6 is 17.7 Å². The van der Waals surface area contributed by atoms with E-state index >= 15 is 0 Å². The lowest BCUT2D eigenvalue weighted by molar-refractivity contribution is 0.103. The van der Waals surface area contributed by atoms with E-state index in [4.69, 9.17) is 11.2 Å². The predicted octanol–water partition coefficient (Wildman–Crippen LogP) is 5.31. The van der Waals surface area contributed by atoms with E-state index in [0.29, 0.717) is 21.7 Å². The molecule has 3 aromatic carbocycles. The summed E-state index contributed by atoms with van der Waals surface area (Å²) in [5.41, 5.74) is 3.97. The number of carbonyl (C=O) groups excluding carboxylic acids is 1. The number of hydrogen-bond acceptors (Lipinski definition) is 2. The molecule has 0 N–H and O–H groups in total. The van der Waals surface area contributed by atoms with Crippen LogP contribution in [0.5, 0.6) is 0 Å². The highest BCUT2D eigenvalue weighted by Crippen LogP contribution is 2.49. The Labute approximate surface area is 159 Å². The van der Waals surface area contributed by atoms with Crippen molar-refractivity contribution in [1.29, 1.82) is 0 Å². The average molecular weight is 383 g/mol. The molecule has 26 heavy (non-hydrogen) atoms. The quantitative estimate of drug-likeness (QED) is 0.452. The van der Waals surface area contributed by atoms with Crippen LogP contribution < -0.4 is 10.6 Å². The van der Waals surface area contributed by atoms with Crippen molar-refractivity contribution in [2.45, 2.75) is 20.8 Å². The minimum atomic E-state index is -3.40. The van der Waals surface area contributed by atoms with Gasteiger partial charge in [-0.15, -0.1) is 0 Å². The topological polar surface area (TPSA) is 34.1 Å². The first-order valence-electron chi connectivity index (χ1n) is 8.40. The normalized spacial score (nSPS) is 13.2. The first-order chi connectivity index (χ1) is 12.3. The number of carbonyl (C=O) groups is 1. The molecule has 0 spiro atoms. The SMILES string of the molecule is Cc1cc(C)c(C(=O)c2ccccc2P(=O)(Cl)c2ccccc2)c(C)c1. The highest BCUT2D eigenvalue weighted by molar-refractivity contribution is 8.00. The van der Waals surface area contributed by atoms with Crippen LogP contribution in [-0.4, -0.2) is 5.78 Å². The third kappa shape index (κ3) is 3.40. The summed E-state index contributed by atoms with van der Waals surface area (Å²) in [6.45, 7) is 2.45. The molecular weight excluding hydrogens is 363 g/mol. The van der Waals surface area contributed by atoms with Crippen molar-refractivity contribution in [2.24, 2.45) is 0 Å². The van der Waals surface area contributed by atoms with Crippen LogP contribution in [0, 0.1) is 20.8 Å². The Balaban J connectivity index is 2.18. The molecule has 0 bridgehead atoms. The summed E-state index contributed by atoms with van der Waals surface area (Å²) >= 11 is 6.53. The van der Waals surface area contributed by atoms with E-state index in [0.717, 1.165) is 16.7 Å². The molecule has 0 radical (unpaired) electrons. The molecular formula is C22H20ClO2P. The lowest BCUT2D eigenvalue weighted by Gasteiger charge is -2.17. The molecule has 0 aliphatic heterocycles. The average Bonchev–Trinajstić information content (AvgIpc) is 2.61. The summed E-state index contributed by atoms with van der Waals surface area (Å²) in [7, 11) is 0. The van der Waals surface area contributed by atoms with Crippen LogP contribution in [0.1, 0.15) is 32.6 Å². The maximum atomic E-state index is 13.4. The van der Waals surface area contributed by atoms with Crippen LogP contribution in [0.3, 0.4) is 0 Å². The zero-order chi connectivity index (χ0) is 18.9. The number of aryl methyl sites for hydroxylation is 3. The van der Waals surface area contributed by atoms with Crippen molar-refractivity contribution in [1.82, 2.24) is 0 Å². The second-order valence-corrected chi connectivity index (χ2v) is 9.98. The second kappa shape index (κ2) is 7.23. The van der Waals surface area contributed by atoms with Crippen LogP contribution in [0.25, 0.3) is 0 Å². The molecule has 4 heteroatoms. The zero-order valence-corrected chi connectivity index (χ0v) is 16.6. The summed E-state index contributed by atoms with van der Waals surface area (Å²) in [5, 5.41) is 0.913. The van der Waals surface area contributed by atoms with E-state index in [1.54, 1.807) is 48.5 Å². The Morgan fingerprint density at radius 2 is 1.38 bits per heavy atom. The molecule has 3 aromatic rings. The van der Waals surface area contributed by atoms with Crippen molar-refractivity contribution in [3.8, 4) is 0 Å². The molecule has 0 aliphatic carbocycles. The van der Waals surface area contributed by atoms with Crippen molar-refractivity contribution in [3.05, 3.63) is 94.5 Å². The van der Waals surface area contributed by atoms with Gasteiger partial charge in [0.15, 0.2) is 5.78 Å². The Bertz CT molecular complexity index is 1000. The Hall–Kier alpha value is -2.15. The van der Waals surface area contributed by atoms with Gasteiger partial charge in [-0.25, -0.2) is 0 Å². The van der Waals surface area contributed by atoms with Gasteiger partial charge in [0.05, 0.1) is 0 Å². The van der Waals surface area contributed by atoms with Crippen molar-refractivity contribution in [3.63, 3.8) is 0 Å². The number of ketones is 1. The molecule has 0 heterocycles. The highest BCUT2D eigenvalue weighted by atomic mass is 35.7. The lowest BCUT2D eigenvalue weighted by Crippen LogP contribution is -2.21. The van der Waals surface area contributed by atoms with Gasteiger partial charge in [-0.2, -0.15) is 0 Å². The summed E-state index contributed by atoms with van der Waals surface area (Å²) < 4.78 is 13.4. The zero-order valence-electron chi connectivity index (χ0n) is 15.0. The van der Waals surface area contributed by atoms with E-state index in [1.807, 2.05) is 39.0 Å². The van der Waals surface area contributed by atoms with Gasteiger partial charge in [0.25, 0.3) is 0 Å². The summed E-state index contributed by atoms with van der Waals surface area (Å²) in [4.78, 5) is 13.3. The number of benzene rings is 3. The maximum Gasteiger partial charge on any atom is 0.226 e. The van der Waals surface area contributed by atoms with Gasteiger partial charge < -0.3 is 0 Å². The molecule has 0 aromatic heterocycles. The molecule has 0 amide bonds. The van der Waals surface area contributed by atoms with Gasteiger partial charge in [-0.05, 0) is 49.2 Å². The highest BCUT2D eigenvalue weighted by Gasteiger charge is 2.30. The Kier molecular flexibility index (Phi) is 5.18. The fourth-order valence-corrected chi connectivity index (χ4v) is 5.73. The molecule has 0 fully saturated rings. The molecule has 0 saturated heterocycles. The van der Waals surface area contributed by atoms with E-state index in [-0.39, 0.29) is 5.78 Å². The fourth-order valence-electron chi connectivity index (χ4n) is 3.35. The third-order valence-electron chi connectivity index (χ3n) is 4.45. The first-order valence-corrected chi connectivity index (χ1v) is 11.0. The van der Waals surface area contributed by atoms with Crippen LogP contribution in [0.2, 0.25) is 0 Å². The van der Waals surface area contributed by atoms with Crippen molar-refractivity contribution >= 4 is 34.1 Å². The maximum absolute atomic E-state index is 13.4. The molecule has 0 aliphatic rings. The lowest BCUT2D eigenvalue weighted by atomic mass is 9.93. The molecule has 0 saturated carbocycles. The van der Waals surface area contributed by atoms with Gasteiger partial charge in [0, 0.05) is 21.7 Å².